The second kappa shape index (κ2) is 9.51. The number of piperidine rings is 1. The molecule has 0 atom stereocenters. The number of halogens is 6. The van der Waals surface area contributed by atoms with Crippen LogP contribution in [0.1, 0.15) is 25.0 Å². The van der Waals surface area contributed by atoms with Crippen LogP contribution in [0.25, 0.3) is 27.6 Å². The zero-order chi connectivity index (χ0) is 27.3. The first kappa shape index (κ1) is 25.1. The van der Waals surface area contributed by atoms with E-state index in [-0.39, 0.29) is 23.5 Å². The molecule has 6 nitrogen and oxygen atoms in total. The summed E-state index contributed by atoms with van der Waals surface area (Å²) in [6.07, 6.45) is -2.55. The van der Waals surface area contributed by atoms with Gasteiger partial charge < -0.3 is 9.64 Å². The van der Waals surface area contributed by atoms with Crippen molar-refractivity contribution in [2.45, 2.75) is 31.7 Å². The number of imidazole rings is 1. The lowest BCUT2D eigenvalue weighted by Gasteiger charge is -2.33. The average Bonchev–Trinajstić information content (AvgIpc) is 3.50. The third-order valence-corrected chi connectivity index (χ3v) is 6.83. The van der Waals surface area contributed by atoms with Crippen LogP contribution in [0.4, 0.5) is 32.3 Å². The molecule has 202 valence electrons. The quantitative estimate of drug-likeness (QED) is 0.224. The zero-order valence-corrected chi connectivity index (χ0v) is 20.2. The summed E-state index contributed by atoms with van der Waals surface area (Å²) in [7, 11) is 0. The molecule has 12 heteroatoms. The van der Waals surface area contributed by atoms with E-state index in [2.05, 4.69) is 10.1 Å². The fraction of sp³-hybridized carbons (Fsp3) is 0.259. The van der Waals surface area contributed by atoms with Crippen molar-refractivity contribution in [2.24, 2.45) is 0 Å². The predicted molar refractivity (Wildman–Crippen MR) is 133 cm³/mol. The molecule has 5 aromatic rings. The van der Waals surface area contributed by atoms with Crippen molar-refractivity contribution in [3.63, 3.8) is 0 Å². The van der Waals surface area contributed by atoms with Crippen molar-refractivity contribution in [2.75, 3.05) is 18.0 Å². The lowest BCUT2D eigenvalue weighted by atomic mass is 10.1. The monoisotopic (exact) mass is 545 g/mol. The van der Waals surface area contributed by atoms with Gasteiger partial charge in [0.05, 0.1) is 34.0 Å². The largest absolute Gasteiger partial charge is 0.487 e. The van der Waals surface area contributed by atoms with Crippen LogP contribution in [0.15, 0.2) is 66.9 Å². The molecular weight excluding hydrogens is 524 g/mol. The molecule has 1 fully saturated rings. The number of fused-ring (bicyclic) bond motifs is 2. The van der Waals surface area contributed by atoms with Crippen LogP contribution in [0.2, 0.25) is 0 Å². The first-order valence-electron chi connectivity index (χ1n) is 12.2. The normalized spacial score (nSPS) is 15.1. The van der Waals surface area contributed by atoms with Crippen LogP contribution in [0.3, 0.4) is 0 Å². The van der Waals surface area contributed by atoms with E-state index in [1.54, 1.807) is 29.2 Å². The van der Waals surface area contributed by atoms with Gasteiger partial charge in [-0.3, -0.25) is 4.57 Å². The smallest absolute Gasteiger partial charge is 0.416 e. The van der Waals surface area contributed by atoms with E-state index >= 15 is 4.39 Å². The first-order valence-corrected chi connectivity index (χ1v) is 12.2. The van der Waals surface area contributed by atoms with Gasteiger partial charge in [-0.1, -0.05) is 18.2 Å². The van der Waals surface area contributed by atoms with E-state index in [4.69, 9.17) is 4.74 Å². The Kier molecular flexibility index (Phi) is 6.12. The molecular formula is C27H21F6N5O. The topological polar surface area (TPSA) is 48.1 Å². The molecule has 39 heavy (non-hydrogen) atoms. The lowest BCUT2D eigenvalue weighted by Crippen LogP contribution is -2.39. The van der Waals surface area contributed by atoms with Crippen molar-refractivity contribution < 1.29 is 31.1 Å². The van der Waals surface area contributed by atoms with Gasteiger partial charge in [-0.15, -0.1) is 0 Å². The summed E-state index contributed by atoms with van der Waals surface area (Å²) in [5, 5.41) is 4.64. The van der Waals surface area contributed by atoms with Crippen molar-refractivity contribution in [1.82, 2.24) is 19.3 Å². The highest BCUT2D eigenvalue weighted by Crippen LogP contribution is 2.34. The third-order valence-electron chi connectivity index (χ3n) is 6.83. The molecule has 0 radical (unpaired) electrons. The van der Waals surface area contributed by atoms with Gasteiger partial charge in [0.25, 0.3) is 0 Å². The van der Waals surface area contributed by atoms with Gasteiger partial charge in [0.2, 0.25) is 5.95 Å². The Morgan fingerprint density at radius 3 is 2.44 bits per heavy atom. The molecule has 0 spiro atoms. The summed E-state index contributed by atoms with van der Waals surface area (Å²) >= 11 is 0. The Bertz CT molecular complexity index is 1650. The number of alkyl halides is 5. The van der Waals surface area contributed by atoms with Gasteiger partial charge in [-0.05, 0) is 36.4 Å². The Balaban J connectivity index is 1.19. The summed E-state index contributed by atoms with van der Waals surface area (Å²) in [6, 6.07) is 14.0. The number of benzene rings is 3. The Labute approximate surface area is 218 Å². The van der Waals surface area contributed by atoms with Crippen LogP contribution in [-0.2, 0) is 6.18 Å². The molecule has 0 bridgehead atoms. The first-order chi connectivity index (χ1) is 18.7. The molecule has 1 aliphatic heterocycles. The van der Waals surface area contributed by atoms with Gasteiger partial charge in [-0.2, -0.15) is 27.1 Å². The molecule has 2 aromatic heterocycles. The van der Waals surface area contributed by atoms with Crippen LogP contribution in [0.5, 0.6) is 5.75 Å². The highest BCUT2D eigenvalue weighted by molar-refractivity contribution is 5.82. The lowest BCUT2D eigenvalue weighted by molar-refractivity contribution is -0.137. The molecule has 1 aliphatic rings. The standard InChI is InChI=1S/C27H21F6N5O/c28-20-14-23-16(15-34-38(23)18-5-3-4-17(13-18)27(31,32)33)12-24(20)39-19-8-10-36(11-9-19)26-35-21-6-1-2-7-22(21)37(26)25(29)30/h1-7,12-15,19,25H,8-11H2. The van der Waals surface area contributed by atoms with Crippen molar-refractivity contribution in [3.05, 3.63) is 78.2 Å². The Hall–Kier alpha value is -4.22. The molecule has 0 saturated carbocycles. The SMILES string of the molecule is Fc1cc2c(cnn2-c2cccc(C(F)(F)F)c2)cc1OC1CCN(c2nc3ccccc3n2C(F)F)CC1. The number of hydrogen-bond donors (Lipinski definition) is 0. The molecule has 3 aromatic carbocycles. The minimum absolute atomic E-state index is 0.00985. The number of ether oxygens (including phenoxy) is 1. The second-order valence-corrected chi connectivity index (χ2v) is 9.30. The minimum atomic E-state index is -4.52. The summed E-state index contributed by atoms with van der Waals surface area (Å²) in [5.41, 5.74) is 0.434. The van der Waals surface area contributed by atoms with Gasteiger partial charge in [0.15, 0.2) is 11.6 Å². The number of nitrogens with zero attached hydrogens (tertiary/aromatic N) is 5. The van der Waals surface area contributed by atoms with E-state index in [1.807, 2.05) is 0 Å². The molecule has 0 aliphatic carbocycles. The van der Waals surface area contributed by atoms with Crippen LogP contribution in [0, 0.1) is 5.82 Å². The molecule has 3 heterocycles. The average molecular weight is 545 g/mol. The number of anilines is 1. The molecule has 0 unspecified atom stereocenters. The number of hydrogen-bond acceptors (Lipinski definition) is 4. The summed E-state index contributed by atoms with van der Waals surface area (Å²) in [6.45, 7) is -1.98. The second-order valence-electron chi connectivity index (χ2n) is 9.30. The number of aromatic nitrogens is 4. The summed E-state index contributed by atoms with van der Waals surface area (Å²) < 4.78 is 90.2. The zero-order valence-electron chi connectivity index (χ0n) is 20.2. The van der Waals surface area contributed by atoms with E-state index in [0.29, 0.717) is 47.9 Å². The van der Waals surface area contributed by atoms with E-state index < -0.39 is 24.1 Å². The highest BCUT2D eigenvalue weighted by atomic mass is 19.4. The third kappa shape index (κ3) is 4.64. The maximum Gasteiger partial charge on any atom is 0.416 e. The van der Waals surface area contributed by atoms with E-state index in [0.717, 1.165) is 16.7 Å². The minimum Gasteiger partial charge on any atom is -0.487 e. The van der Waals surface area contributed by atoms with Crippen molar-refractivity contribution in [1.29, 1.82) is 0 Å². The maximum absolute atomic E-state index is 15.1. The Morgan fingerprint density at radius 2 is 1.69 bits per heavy atom. The van der Waals surface area contributed by atoms with Crippen LogP contribution in [-0.4, -0.2) is 38.5 Å². The van der Waals surface area contributed by atoms with E-state index in [9.17, 15) is 22.0 Å². The molecule has 6 rings (SSSR count). The fourth-order valence-corrected chi connectivity index (χ4v) is 4.94. The van der Waals surface area contributed by atoms with Gasteiger partial charge >= 0.3 is 12.7 Å². The maximum atomic E-state index is 15.1. The van der Waals surface area contributed by atoms with Crippen LogP contribution < -0.4 is 9.64 Å². The fourth-order valence-electron chi connectivity index (χ4n) is 4.94. The van der Waals surface area contributed by atoms with Gasteiger partial charge in [0, 0.05) is 37.4 Å². The van der Waals surface area contributed by atoms with Crippen molar-refractivity contribution >= 4 is 27.9 Å². The number of para-hydroxylation sites is 2. The van der Waals surface area contributed by atoms with Crippen LogP contribution >= 0.6 is 0 Å². The highest BCUT2D eigenvalue weighted by Gasteiger charge is 2.31. The summed E-state index contributed by atoms with van der Waals surface area (Å²) in [4.78, 5) is 6.17. The van der Waals surface area contributed by atoms with Gasteiger partial charge in [-0.25, -0.2) is 14.1 Å². The predicted octanol–water partition coefficient (Wildman–Crippen LogP) is 6.98. The van der Waals surface area contributed by atoms with E-state index in [1.165, 1.54) is 35.1 Å². The molecule has 0 amide bonds. The van der Waals surface area contributed by atoms with Crippen molar-refractivity contribution in [3.8, 4) is 11.4 Å². The number of rotatable bonds is 5. The molecule has 1 saturated heterocycles. The Morgan fingerprint density at radius 1 is 0.923 bits per heavy atom. The van der Waals surface area contributed by atoms with Gasteiger partial charge in [0.1, 0.15) is 6.10 Å². The molecule has 0 N–H and O–H groups in total. The summed E-state index contributed by atoms with van der Waals surface area (Å²) in [5.74, 6) is -0.512.